The second kappa shape index (κ2) is 3.58. The van der Waals surface area contributed by atoms with Gasteiger partial charge in [0.25, 0.3) is 0 Å². The van der Waals surface area contributed by atoms with Gasteiger partial charge in [-0.25, -0.2) is 0 Å². The molecule has 2 heteroatoms. The fraction of sp³-hybridized carbons (Fsp3) is 0.800. The molecule has 0 saturated carbocycles. The summed E-state index contributed by atoms with van der Waals surface area (Å²) in [4.78, 5) is 2.26. The van der Waals surface area contributed by atoms with E-state index < -0.39 is 5.60 Å². The number of rotatable bonds is 1. The molecule has 1 aliphatic heterocycles. The Hall–Kier alpha value is -0.340. The first-order valence-electron chi connectivity index (χ1n) is 4.61. The molecule has 0 radical (unpaired) electrons. The van der Waals surface area contributed by atoms with Crippen LogP contribution in [0.25, 0.3) is 0 Å². The van der Waals surface area contributed by atoms with Crippen LogP contribution in [0.15, 0.2) is 12.2 Å². The SMILES string of the molecule is C=C(C)C1(O)CCCN(C)CC1. The lowest BCUT2D eigenvalue weighted by atomic mass is 9.88. The van der Waals surface area contributed by atoms with Crippen LogP contribution in [0, 0.1) is 0 Å². The van der Waals surface area contributed by atoms with Gasteiger partial charge in [0, 0.05) is 6.54 Å². The van der Waals surface area contributed by atoms with E-state index in [9.17, 15) is 5.11 Å². The maximum Gasteiger partial charge on any atom is 0.0864 e. The van der Waals surface area contributed by atoms with E-state index in [1.165, 1.54) is 0 Å². The molecule has 1 aliphatic rings. The van der Waals surface area contributed by atoms with Gasteiger partial charge in [0.1, 0.15) is 0 Å². The van der Waals surface area contributed by atoms with Crippen molar-refractivity contribution in [2.45, 2.75) is 31.8 Å². The fourth-order valence-electron chi connectivity index (χ4n) is 1.68. The molecule has 1 atom stereocenters. The summed E-state index contributed by atoms with van der Waals surface area (Å²) < 4.78 is 0. The van der Waals surface area contributed by atoms with Crippen molar-refractivity contribution in [3.05, 3.63) is 12.2 Å². The molecular weight excluding hydrogens is 150 g/mol. The molecule has 0 amide bonds. The topological polar surface area (TPSA) is 23.5 Å². The summed E-state index contributed by atoms with van der Waals surface area (Å²) >= 11 is 0. The van der Waals surface area contributed by atoms with Crippen LogP contribution in [0.2, 0.25) is 0 Å². The summed E-state index contributed by atoms with van der Waals surface area (Å²) in [5.74, 6) is 0. The molecular formula is C10H19NO. The van der Waals surface area contributed by atoms with E-state index in [2.05, 4.69) is 18.5 Å². The molecule has 1 saturated heterocycles. The Morgan fingerprint density at radius 1 is 1.42 bits per heavy atom. The summed E-state index contributed by atoms with van der Waals surface area (Å²) in [6.07, 6.45) is 2.77. The Bertz CT molecular complexity index is 179. The van der Waals surface area contributed by atoms with Crippen molar-refractivity contribution in [3.8, 4) is 0 Å². The van der Waals surface area contributed by atoms with Crippen molar-refractivity contribution in [1.29, 1.82) is 0 Å². The first-order chi connectivity index (χ1) is 5.54. The van der Waals surface area contributed by atoms with Gasteiger partial charge in [-0.05, 0) is 45.4 Å². The standard InChI is InChI=1S/C10H19NO/c1-9(2)10(12)5-4-7-11(3)8-6-10/h12H,1,4-8H2,2-3H3. The van der Waals surface area contributed by atoms with Crippen molar-refractivity contribution >= 4 is 0 Å². The predicted molar refractivity (Wildman–Crippen MR) is 51.1 cm³/mol. The summed E-state index contributed by atoms with van der Waals surface area (Å²) in [6, 6.07) is 0. The highest BCUT2D eigenvalue weighted by molar-refractivity contribution is 5.10. The second-order valence-electron chi connectivity index (χ2n) is 3.97. The smallest absolute Gasteiger partial charge is 0.0864 e. The van der Waals surface area contributed by atoms with Crippen molar-refractivity contribution in [3.63, 3.8) is 0 Å². The number of hydrogen-bond donors (Lipinski definition) is 1. The van der Waals surface area contributed by atoms with E-state index in [-0.39, 0.29) is 0 Å². The van der Waals surface area contributed by atoms with Gasteiger partial charge in [-0.3, -0.25) is 0 Å². The van der Waals surface area contributed by atoms with Gasteiger partial charge >= 0.3 is 0 Å². The molecule has 0 spiro atoms. The highest BCUT2D eigenvalue weighted by Gasteiger charge is 2.29. The third kappa shape index (κ3) is 2.08. The van der Waals surface area contributed by atoms with Crippen molar-refractivity contribution in [2.24, 2.45) is 0 Å². The van der Waals surface area contributed by atoms with Gasteiger partial charge in [0.15, 0.2) is 0 Å². The third-order valence-corrected chi connectivity index (χ3v) is 2.83. The first-order valence-corrected chi connectivity index (χ1v) is 4.61. The van der Waals surface area contributed by atoms with Crippen LogP contribution < -0.4 is 0 Å². The Morgan fingerprint density at radius 2 is 2.08 bits per heavy atom. The average Bonchev–Trinajstić information content (AvgIpc) is 2.15. The number of hydrogen-bond acceptors (Lipinski definition) is 2. The lowest BCUT2D eigenvalue weighted by molar-refractivity contribution is 0.0636. The van der Waals surface area contributed by atoms with Gasteiger partial charge in [-0.2, -0.15) is 0 Å². The Morgan fingerprint density at radius 3 is 2.67 bits per heavy atom. The molecule has 12 heavy (non-hydrogen) atoms. The van der Waals surface area contributed by atoms with Crippen LogP contribution in [-0.4, -0.2) is 35.7 Å². The molecule has 0 bridgehead atoms. The molecule has 1 fully saturated rings. The minimum Gasteiger partial charge on any atom is -0.385 e. The average molecular weight is 169 g/mol. The third-order valence-electron chi connectivity index (χ3n) is 2.83. The van der Waals surface area contributed by atoms with Crippen molar-refractivity contribution in [1.82, 2.24) is 4.90 Å². The molecule has 1 rings (SSSR count). The minimum atomic E-state index is -0.592. The molecule has 0 aliphatic carbocycles. The Labute approximate surface area is 74.9 Å². The quantitative estimate of drug-likeness (QED) is 0.600. The van der Waals surface area contributed by atoms with Crippen LogP contribution in [0.5, 0.6) is 0 Å². The van der Waals surface area contributed by atoms with E-state index in [0.717, 1.165) is 37.9 Å². The zero-order valence-electron chi connectivity index (χ0n) is 8.14. The minimum absolute atomic E-state index is 0.592. The fourth-order valence-corrected chi connectivity index (χ4v) is 1.68. The molecule has 1 heterocycles. The molecule has 70 valence electrons. The van der Waals surface area contributed by atoms with Crippen LogP contribution in [-0.2, 0) is 0 Å². The maximum atomic E-state index is 10.1. The van der Waals surface area contributed by atoms with E-state index >= 15 is 0 Å². The van der Waals surface area contributed by atoms with Gasteiger partial charge in [-0.1, -0.05) is 6.58 Å². The highest BCUT2D eigenvalue weighted by atomic mass is 16.3. The zero-order chi connectivity index (χ0) is 9.19. The van der Waals surface area contributed by atoms with Crippen LogP contribution in [0.3, 0.4) is 0 Å². The lowest BCUT2D eigenvalue weighted by Gasteiger charge is -2.26. The van der Waals surface area contributed by atoms with E-state index in [1.807, 2.05) is 6.92 Å². The van der Waals surface area contributed by atoms with E-state index in [1.54, 1.807) is 0 Å². The summed E-state index contributed by atoms with van der Waals surface area (Å²) in [6.45, 7) is 7.84. The van der Waals surface area contributed by atoms with Gasteiger partial charge in [-0.15, -0.1) is 0 Å². The van der Waals surface area contributed by atoms with Crippen molar-refractivity contribution < 1.29 is 5.11 Å². The second-order valence-corrected chi connectivity index (χ2v) is 3.97. The highest BCUT2D eigenvalue weighted by Crippen LogP contribution is 2.27. The van der Waals surface area contributed by atoms with Crippen LogP contribution in [0.4, 0.5) is 0 Å². The summed E-state index contributed by atoms with van der Waals surface area (Å²) in [5.41, 5.74) is 0.322. The van der Waals surface area contributed by atoms with Gasteiger partial charge in [0.05, 0.1) is 5.60 Å². The number of aliphatic hydroxyl groups is 1. The maximum absolute atomic E-state index is 10.1. The normalized spacial score (nSPS) is 32.9. The molecule has 2 nitrogen and oxygen atoms in total. The summed E-state index contributed by atoms with van der Waals surface area (Å²) in [5, 5.41) is 10.1. The monoisotopic (exact) mass is 169 g/mol. The Balaban J connectivity index is 2.61. The number of likely N-dealkylation sites (tertiary alicyclic amines) is 1. The predicted octanol–water partition coefficient (Wildman–Crippen LogP) is 1.41. The molecule has 1 N–H and O–H groups in total. The van der Waals surface area contributed by atoms with Crippen molar-refractivity contribution in [2.75, 3.05) is 20.1 Å². The van der Waals surface area contributed by atoms with E-state index in [0.29, 0.717) is 0 Å². The molecule has 0 aromatic rings. The zero-order valence-corrected chi connectivity index (χ0v) is 8.14. The molecule has 0 aromatic heterocycles. The van der Waals surface area contributed by atoms with Crippen LogP contribution >= 0.6 is 0 Å². The Kier molecular flexibility index (Phi) is 2.91. The number of nitrogens with zero attached hydrogens (tertiary/aromatic N) is 1. The van der Waals surface area contributed by atoms with Crippen LogP contribution in [0.1, 0.15) is 26.2 Å². The van der Waals surface area contributed by atoms with E-state index in [4.69, 9.17) is 0 Å². The molecule has 0 aromatic carbocycles. The van der Waals surface area contributed by atoms with Gasteiger partial charge in [0.2, 0.25) is 0 Å². The van der Waals surface area contributed by atoms with Gasteiger partial charge < -0.3 is 10.0 Å². The molecule has 1 unspecified atom stereocenters. The summed E-state index contributed by atoms with van der Waals surface area (Å²) in [7, 11) is 2.10. The lowest BCUT2D eigenvalue weighted by Crippen LogP contribution is -2.31. The largest absolute Gasteiger partial charge is 0.385 e. The first kappa shape index (κ1) is 9.75.